The highest BCUT2D eigenvalue weighted by molar-refractivity contribution is 6.04. The number of rotatable bonds is 0. The first-order valence-electron chi connectivity index (χ1n) is 8.71. The van der Waals surface area contributed by atoms with Gasteiger partial charge in [-0.25, -0.2) is 9.59 Å². The molecule has 0 saturated carbocycles. The molecule has 0 bridgehead atoms. The summed E-state index contributed by atoms with van der Waals surface area (Å²) in [6.45, 7) is 7.16. The van der Waals surface area contributed by atoms with Gasteiger partial charge in [-0.2, -0.15) is 0 Å². The van der Waals surface area contributed by atoms with Crippen LogP contribution in [-0.2, 0) is 14.3 Å². The molecule has 0 atom stereocenters. The van der Waals surface area contributed by atoms with Crippen LogP contribution in [0.15, 0.2) is 48.5 Å². The van der Waals surface area contributed by atoms with E-state index in [2.05, 4.69) is 0 Å². The van der Waals surface area contributed by atoms with Crippen LogP contribution in [0.3, 0.4) is 0 Å². The summed E-state index contributed by atoms with van der Waals surface area (Å²) in [5, 5.41) is 0. The Morgan fingerprint density at radius 3 is 1.23 bits per heavy atom. The Bertz CT molecular complexity index is 701. The molecule has 0 fully saturated rings. The zero-order valence-electron chi connectivity index (χ0n) is 15.6. The van der Waals surface area contributed by atoms with E-state index in [0.29, 0.717) is 22.3 Å². The molecule has 138 valence electrons. The average Bonchev–Trinajstić information content (AvgIpc) is 2.74. The minimum atomic E-state index is -0.604. The molecule has 2 aromatic rings. The lowest BCUT2D eigenvalue weighted by molar-refractivity contribution is -0.125. The molecule has 0 unspecified atom stereocenters. The molecule has 0 amide bonds. The predicted molar refractivity (Wildman–Crippen MR) is 100 cm³/mol. The number of hydrogen-bond acceptors (Lipinski definition) is 5. The molecule has 0 radical (unpaired) electrons. The number of cyclic esters (lactones) is 2. The van der Waals surface area contributed by atoms with Gasteiger partial charge >= 0.3 is 11.9 Å². The molecule has 1 aliphatic rings. The largest absolute Gasteiger partial charge is 0.454 e. The molecule has 26 heavy (non-hydrogen) atoms. The number of ketones is 1. The second-order valence-corrected chi connectivity index (χ2v) is 4.78. The van der Waals surface area contributed by atoms with Crippen LogP contribution in [-0.4, -0.2) is 30.9 Å². The molecule has 0 aromatic heterocycles. The molecular weight excluding hydrogens is 332 g/mol. The van der Waals surface area contributed by atoms with Crippen molar-refractivity contribution >= 4 is 17.7 Å². The number of Topliss-reactive ketones (excluding diaryl/α,β-unsaturated/α-hetero) is 1. The topological polar surface area (TPSA) is 69.7 Å². The van der Waals surface area contributed by atoms with Gasteiger partial charge in [-0.1, -0.05) is 64.1 Å². The maximum absolute atomic E-state index is 12.2. The molecule has 5 nitrogen and oxygen atoms in total. The van der Waals surface area contributed by atoms with Crippen LogP contribution in [0.4, 0.5) is 0 Å². The van der Waals surface area contributed by atoms with Gasteiger partial charge in [-0.05, 0) is 23.3 Å². The third-order valence-electron chi connectivity index (χ3n) is 3.31. The smallest absolute Gasteiger partial charge is 0.339 e. The number of fused-ring (bicyclic) bond motifs is 3. The Balaban J connectivity index is 0.000000791. The van der Waals surface area contributed by atoms with Crippen molar-refractivity contribution in [2.75, 3.05) is 13.2 Å². The van der Waals surface area contributed by atoms with Crippen molar-refractivity contribution in [2.24, 2.45) is 0 Å². The van der Waals surface area contributed by atoms with Gasteiger partial charge in [0, 0.05) is 0 Å². The molecule has 1 aliphatic heterocycles. The Morgan fingerprint density at radius 1 is 0.577 bits per heavy atom. The van der Waals surface area contributed by atoms with Crippen molar-refractivity contribution in [1.82, 2.24) is 0 Å². The van der Waals surface area contributed by atoms with Crippen molar-refractivity contribution < 1.29 is 23.9 Å². The van der Waals surface area contributed by atoms with Gasteiger partial charge in [0.15, 0.2) is 13.2 Å². The van der Waals surface area contributed by atoms with Gasteiger partial charge in [-0.3, -0.25) is 4.79 Å². The third kappa shape index (κ3) is 5.02. The van der Waals surface area contributed by atoms with E-state index in [-0.39, 0.29) is 0 Å². The molecule has 1 heterocycles. The molecule has 5 heteroatoms. The monoisotopic (exact) mass is 356 g/mol. The second kappa shape index (κ2) is 10.8. The highest BCUT2D eigenvalue weighted by Gasteiger charge is 2.22. The molecule has 0 N–H and O–H groups in total. The van der Waals surface area contributed by atoms with Gasteiger partial charge in [0.05, 0.1) is 11.1 Å². The minimum absolute atomic E-state index is 0.303. The van der Waals surface area contributed by atoms with E-state index in [1.165, 1.54) is 0 Å². The highest BCUT2D eigenvalue weighted by Crippen LogP contribution is 2.28. The maximum atomic E-state index is 12.2. The summed E-state index contributed by atoms with van der Waals surface area (Å²) in [7, 11) is 0. The van der Waals surface area contributed by atoms with Gasteiger partial charge < -0.3 is 9.47 Å². The van der Waals surface area contributed by atoms with Crippen molar-refractivity contribution in [1.29, 1.82) is 0 Å². The SMILES string of the molecule is CC.CC.O=C1COC(=O)c2ccccc2-c2ccccc2C(=O)OC1. The van der Waals surface area contributed by atoms with Crippen molar-refractivity contribution in [2.45, 2.75) is 27.7 Å². The number of esters is 2. The van der Waals surface area contributed by atoms with Crippen LogP contribution >= 0.6 is 0 Å². The Morgan fingerprint density at radius 2 is 0.885 bits per heavy atom. The van der Waals surface area contributed by atoms with Gasteiger partial charge in [0.25, 0.3) is 0 Å². The highest BCUT2D eigenvalue weighted by atomic mass is 16.6. The number of carbonyl (C=O) groups excluding carboxylic acids is 3. The molecule has 0 spiro atoms. The van der Waals surface area contributed by atoms with Gasteiger partial charge in [0.2, 0.25) is 5.78 Å². The van der Waals surface area contributed by atoms with Crippen LogP contribution in [0.5, 0.6) is 0 Å². The van der Waals surface area contributed by atoms with E-state index >= 15 is 0 Å². The summed E-state index contributed by atoms with van der Waals surface area (Å²) in [5.41, 5.74) is 1.73. The maximum Gasteiger partial charge on any atom is 0.339 e. The normalized spacial score (nSPS) is 13.2. The first-order valence-corrected chi connectivity index (χ1v) is 8.71. The fourth-order valence-corrected chi connectivity index (χ4v) is 2.28. The summed E-state index contributed by atoms with van der Waals surface area (Å²) in [6, 6.07) is 13.6. The lowest BCUT2D eigenvalue weighted by Gasteiger charge is -2.11. The number of ether oxygens (including phenoxy) is 2. The van der Waals surface area contributed by atoms with Gasteiger partial charge in [0.1, 0.15) is 0 Å². The van der Waals surface area contributed by atoms with Crippen LogP contribution in [0.25, 0.3) is 11.1 Å². The van der Waals surface area contributed by atoms with E-state index in [1.807, 2.05) is 27.7 Å². The van der Waals surface area contributed by atoms with Crippen LogP contribution < -0.4 is 0 Å². The van der Waals surface area contributed by atoms with Crippen LogP contribution in [0, 0.1) is 0 Å². The summed E-state index contributed by atoms with van der Waals surface area (Å²) in [6.07, 6.45) is 0. The molecule has 0 aliphatic carbocycles. The van der Waals surface area contributed by atoms with E-state index in [9.17, 15) is 14.4 Å². The van der Waals surface area contributed by atoms with Crippen LogP contribution in [0.2, 0.25) is 0 Å². The number of carbonyl (C=O) groups is 3. The Kier molecular flexibility index (Phi) is 8.78. The summed E-state index contributed by atoms with van der Waals surface area (Å²) < 4.78 is 9.97. The minimum Gasteiger partial charge on any atom is -0.454 e. The van der Waals surface area contributed by atoms with Crippen molar-refractivity contribution in [3.63, 3.8) is 0 Å². The molecular formula is C21H24O5. The predicted octanol–water partition coefficient (Wildman–Crippen LogP) is 4.30. The van der Waals surface area contributed by atoms with E-state index in [4.69, 9.17) is 9.47 Å². The Hall–Kier alpha value is -2.95. The van der Waals surface area contributed by atoms with Crippen molar-refractivity contribution in [3.8, 4) is 11.1 Å². The zero-order valence-corrected chi connectivity index (χ0v) is 15.6. The van der Waals surface area contributed by atoms with E-state index < -0.39 is 30.9 Å². The standard InChI is InChI=1S/C17H12O5.2C2H6/c18-11-9-21-16(19)14-7-3-1-5-12(14)13-6-2-4-8-15(13)17(20)22-10-11;2*1-2/h1-8H,9-10H2;2*1-2H3. The average molecular weight is 356 g/mol. The van der Waals surface area contributed by atoms with Crippen LogP contribution in [0.1, 0.15) is 48.4 Å². The lowest BCUT2D eigenvalue weighted by atomic mass is 9.95. The quantitative estimate of drug-likeness (QED) is 0.658. The summed E-state index contributed by atoms with van der Waals surface area (Å²) in [5.74, 6) is -1.68. The first kappa shape index (κ1) is 21.1. The lowest BCUT2D eigenvalue weighted by Crippen LogP contribution is -2.20. The summed E-state index contributed by atoms with van der Waals surface area (Å²) >= 11 is 0. The number of benzene rings is 2. The van der Waals surface area contributed by atoms with Gasteiger partial charge in [-0.15, -0.1) is 0 Å². The second-order valence-electron chi connectivity index (χ2n) is 4.78. The molecule has 0 saturated heterocycles. The van der Waals surface area contributed by atoms with E-state index in [1.54, 1.807) is 48.5 Å². The van der Waals surface area contributed by atoms with E-state index in [0.717, 1.165) is 0 Å². The fraction of sp³-hybridized carbons (Fsp3) is 0.286. The fourth-order valence-electron chi connectivity index (χ4n) is 2.28. The first-order chi connectivity index (χ1) is 12.7. The molecule has 2 aromatic carbocycles. The van der Waals surface area contributed by atoms with Crippen molar-refractivity contribution in [3.05, 3.63) is 59.7 Å². The molecule has 3 rings (SSSR count). The number of hydrogen-bond donors (Lipinski definition) is 0. The Labute approximate surface area is 153 Å². The third-order valence-corrected chi connectivity index (χ3v) is 3.31. The zero-order chi connectivity index (χ0) is 19.5. The summed E-state index contributed by atoms with van der Waals surface area (Å²) in [4.78, 5) is 35.9.